The van der Waals surface area contributed by atoms with Crippen LogP contribution in [0.4, 0.5) is 0 Å². The maximum Gasteiger partial charge on any atom is 0.256 e. The summed E-state index contributed by atoms with van der Waals surface area (Å²) >= 11 is 0. The van der Waals surface area contributed by atoms with Crippen LogP contribution in [-0.4, -0.2) is 46.5 Å². The van der Waals surface area contributed by atoms with E-state index < -0.39 is 0 Å². The third kappa shape index (κ3) is 3.14. The summed E-state index contributed by atoms with van der Waals surface area (Å²) in [5.74, 6) is 0.779. The van der Waals surface area contributed by atoms with Crippen molar-refractivity contribution < 1.29 is 4.79 Å². The fourth-order valence-corrected chi connectivity index (χ4v) is 4.73. The van der Waals surface area contributed by atoms with Gasteiger partial charge in [-0.2, -0.15) is 5.10 Å². The minimum absolute atomic E-state index is 0.0605. The monoisotopic (exact) mass is 429 g/mol. The van der Waals surface area contributed by atoms with Crippen LogP contribution >= 0.6 is 0 Å². The maximum absolute atomic E-state index is 13.7. The number of aryl methyl sites for hydroxylation is 2. The molecular weight excluding hydrogens is 402 g/mol. The van der Waals surface area contributed by atoms with Crippen LogP contribution < -0.4 is 0 Å². The van der Waals surface area contributed by atoms with Gasteiger partial charge in [-0.15, -0.1) is 10.2 Å². The Balaban J connectivity index is 1.50. The van der Waals surface area contributed by atoms with Gasteiger partial charge < -0.3 is 14.0 Å². The first-order valence-electron chi connectivity index (χ1n) is 10.9. The lowest BCUT2D eigenvalue weighted by Crippen LogP contribution is -2.36. The largest absolute Gasteiger partial charge is 0.344 e. The van der Waals surface area contributed by atoms with E-state index >= 15 is 0 Å². The molecule has 8 nitrogen and oxygen atoms in total. The van der Waals surface area contributed by atoms with E-state index in [0.29, 0.717) is 13.1 Å². The number of nitrogens with zero attached hydrogens (tertiary/aromatic N) is 7. The quantitative estimate of drug-likeness (QED) is 0.499. The molecule has 1 amide bonds. The first-order valence-corrected chi connectivity index (χ1v) is 10.9. The molecular formula is C24H27N7O. The van der Waals surface area contributed by atoms with Gasteiger partial charge in [-0.1, -0.05) is 30.3 Å². The van der Waals surface area contributed by atoms with E-state index in [4.69, 9.17) is 5.10 Å². The van der Waals surface area contributed by atoms with Gasteiger partial charge in [-0.3, -0.25) is 9.48 Å². The molecule has 164 valence electrons. The summed E-state index contributed by atoms with van der Waals surface area (Å²) in [7, 11) is 3.86. The second-order valence-electron chi connectivity index (χ2n) is 8.28. The highest BCUT2D eigenvalue weighted by molar-refractivity contribution is 5.97. The van der Waals surface area contributed by atoms with Crippen LogP contribution in [0.15, 0.2) is 42.7 Å². The van der Waals surface area contributed by atoms with Crippen molar-refractivity contribution >= 4 is 5.91 Å². The third-order valence-electron chi connectivity index (χ3n) is 6.44. The molecule has 0 bridgehead atoms. The van der Waals surface area contributed by atoms with Crippen molar-refractivity contribution in [2.75, 3.05) is 6.54 Å². The van der Waals surface area contributed by atoms with Crippen molar-refractivity contribution in [3.8, 4) is 22.8 Å². The summed E-state index contributed by atoms with van der Waals surface area (Å²) in [6.07, 6.45) is 2.44. The van der Waals surface area contributed by atoms with Crippen molar-refractivity contribution in [3.05, 3.63) is 65.2 Å². The number of hydrogen-bond acceptors (Lipinski definition) is 4. The van der Waals surface area contributed by atoms with E-state index in [1.54, 1.807) is 6.33 Å². The van der Waals surface area contributed by atoms with Crippen molar-refractivity contribution in [3.63, 3.8) is 0 Å². The average Bonchev–Trinajstić information content (AvgIpc) is 3.48. The molecule has 1 aliphatic rings. The summed E-state index contributed by atoms with van der Waals surface area (Å²) in [5.41, 5.74) is 6.97. The Morgan fingerprint density at radius 1 is 1.16 bits per heavy atom. The molecule has 5 rings (SSSR count). The van der Waals surface area contributed by atoms with Crippen molar-refractivity contribution in [2.45, 2.75) is 33.4 Å². The Kier molecular flexibility index (Phi) is 4.92. The number of benzene rings is 1. The summed E-state index contributed by atoms with van der Waals surface area (Å²) in [6, 6.07) is 12.3. The Labute approximate surface area is 187 Å². The van der Waals surface area contributed by atoms with Gasteiger partial charge >= 0.3 is 0 Å². The second-order valence-corrected chi connectivity index (χ2v) is 8.28. The number of hydrogen-bond donors (Lipinski definition) is 0. The van der Waals surface area contributed by atoms with Gasteiger partial charge in [0.15, 0.2) is 5.82 Å². The van der Waals surface area contributed by atoms with Gasteiger partial charge in [0.1, 0.15) is 12.0 Å². The van der Waals surface area contributed by atoms with Crippen LogP contribution in [0.3, 0.4) is 0 Å². The third-order valence-corrected chi connectivity index (χ3v) is 6.44. The van der Waals surface area contributed by atoms with E-state index in [2.05, 4.69) is 33.8 Å². The fourth-order valence-electron chi connectivity index (χ4n) is 4.73. The van der Waals surface area contributed by atoms with Crippen LogP contribution in [0.25, 0.3) is 22.8 Å². The minimum atomic E-state index is 0.0605. The molecule has 3 aromatic heterocycles. The highest BCUT2D eigenvalue weighted by atomic mass is 16.2. The molecule has 1 aromatic carbocycles. The zero-order valence-electron chi connectivity index (χ0n) is 18.9. The molecule has 4 heterocycles. The van der Waals surface area contributed by atoms with Crippen LogP contribution in [0, 0.1) is 6.92 Å². The van der Waals surface area contributed by atoms with E-state index in [1.807, 2.05) is 59.4 Å². The number of carbonyl (C=O) groups excluding carboxylic acids is 1. The Hall–Kier alpha value is -3.68. The summed E-state index contributed by atoms with van der Waals surface area (Å²) < 4.78 is 5.99. The lowest BCUT2D eigenvalue weighted by molar-refractivity contribution is 0.0733. The Morgan fingerprint density at radius 3 is 2.62 bits per heavy atom. The number of rotatable bonds is 4. The van der Waals surface area contributed by atoms with Gasteiger partial charge in [0.2, 0.25) is 0 Å². The van der Waals surface area contributed by atoms with Crippen molar-refractivity contribution in [1.29, 1.82) is 0 Å². The summed E-state index contributed by atoms with van der Waals surface area (Å²) in [6.45, 7) is 6.15. The molecule has 0 spiro atoms. The van der Waals surface area contributed by atoms with E-state index in [9.17, 15) is 4.79 Å². The summed E-state index contributed by atoms with van der Waals surface area (Å²) in [4.78, 5) is 15.6. The molecule has 0 radical (unpaired) electrons. The van der Waals surface area contributed by atoms with Crippen LogP contribution in [0.2, 0.25) is 0 Å². The number of amides is 1. The normalized spacial score (nSPS) is 13.4. The Bertz CT molecular complexity index is 1300. The smallest absolute Gasteiger partial charge is 0.256 e. The molecule has 0 unspecified atom stereocenters. The first kappa shape index (κ1) is 20.2. The zero-order valence-corrected chi connectivity index (χ0v) is 18.9. The number of fused-ring (bicyclic) bond motifs is 1. The molecule has 1 aliphatic heterocycles. The van der Waals surface area contributed by atoms with Gasteiger partial charge in [-0.25, -0.2) is 0 Å². The fraction of sp³-hybridized carbons (Fsp3) is 0.333. The highest BCUT2D eigenvalue weighted by Gasteiger charge is 2.30. The van der Waals surface area contributed by atoms with Crippen molar-refractivity contribution in [1.82, 2.24) is 34.0 Å². The van der Waals surface area contributed by atoms with E-state index in [1.165, 1.54) is 0 Å². The standard InChI is InChI=1S/C24H27N7O/c1-5-31-16(2)18(13-21(31)17-9-7-6-8-10-17)24(32)30-12-11-20-19(14-30)22(27-29(20)4)23-26-25-15-28(23)3/h6-10,13,15H,5,11-12,14H2,1-4H3. The molecule has 0 saturated heterocycles. The molecule has 0 saturated carbocycles. The van der Waals surface area contributed by atoms with Crippen LogP contribution in [-0.2, 0) is 33.6 Å². The minimum Gasteiger partial charge on any atom is -0.344 e. The van der Waals surface area contributed by atoms with Crippen LogP contribution in [0.1, 0.15) is 34.2 Å². The Morgan fingerprint density at radius 2 is 1.94 bits per heavy atom. The average molecular weight is 430 g/mol. The van der Waals surface area contributed by atoms with Gasteiger partial charge in [-0.05, 0) is 25.5 Å². The summed E-state index contributed by atoms with van der Waals surface area (Å²) in [5, 5.41) is 12.9. The molecule has 0 fully saturated rings. The zero-order chi connectivity index (χ0) is 22.4. The lowest BCUT2D eigenvalue weighted by atomic mass is 10.0. The topological polar surface area (TPSA) is 73.8 Å². The van der Waals surface area contributed by atoms with E-state index in [0.717, 1.165) is 58.3 Å². The first-order chi connectivity index (χ1) is 15.5. The molecule has 0 N–H and O–H groups in total. The SMILES string of the molecule is CCn1c(-c2ccccc2)cc(C(=O)N2CCc3c(c(-c4nncn4C)nn3C)C2)c1C. The van der Waals surface area contributed by atoms with Gasteiger partial charge in [0, 0.05) is 56.3 Å². The molecule has 0 atom stereocenters. The maximum atomic E-state index is 13.7. The van der Waals surface area contributed by atoms with Crippen LogP contribution in [0.5, 0.6) is 0 Å². The second kappa shape index (κ2) is 7.78. The predicted octanol–water partition coefficient (Wildman–Crippen LogP) is 3.21. The van der Waals surface area contributed by atoms with Crippen molar-refractivity contribution in [2.24, 2.45) is 14.1 Å². The lowest BCUT2D eigenvalue weighted by Gasteiger charge is -2.27. The molecule has 4 aromatic rings. The number of aromatic nitrogens is 6. The van der Waals surface area contributed by atoms with E-state index in [-0.39, 0.29) is 5.91 Å². The highest BCUT2D eigenvalue weighted by Crippen LogP contribution is 2.31. The molecule has 8 heteroatoms. The van der Waals surface area contributed by atoms with Gasteiger partial charge in [0.25, 0.3) is 5.91 Å². The predicted molar refractivity (Wildman–Crippen MR) is 122 cm³/mol. The number of carbonyl (C=O) groups is 1. The van der Waals surface area contributed by atoms with Gasteiger partial charge in [0.05, 0.1) is 12.1 Å². The molecule has 32 heavy (non-hydrogen) atoms. The molecule has 0 aliphatic carbocycles.